The lowest BCUT2D eigenvalue weighted by molar-refractivity contribution is -0.119. The van der Waals surface area contributed by atoms with E-state index in [0.29, 0.717) is 10.7 Å². The lowest BCUT2D eigenvalue weighted by atomic mass is 10.1. The minimum atomic E-state index is -4.06. The van der Waals surface area contributed by atoms with Crippen LogP contribution in [0.4, 0.5) is 5.69 Å². The summed E-state index contributed by atoms with van der Waals surface area (Å²) in [6, 6.07) is 21.0. The molecule has 4 rings (SSSR count). The number of carbonyl (C=O) groups is 1. The molecule has 0 saturated heterocycles. The Morgan fingerprint density at radius 2 is 1.64 bits per heavy atom. The Morgan fingerprint density at radius 1 is 0.974 bits per heavy atom. The van der Waals surface area contributed by atoms with Gasteiger partial charge < -0.3 is 4.57 Å². The van der Waals surface area contributed by atoms with E-state index in [0.717, 1.165) is 42.5 Å². The lowest BCUT2D eigenvalue weighted by Crippen LogP contribution is -2.39. The zero-order valence-corrected chi connectivity index (χ0v) is 25.1. The highest BCUT2D eigenvalue weighted by molar-refractivity contribution is 9.10. The number of anilines is 1. The van der Waals surface area contributed by atoms with Crippen LogP contribution in [0.25, 0.3) is 5.69 Å². The van der Waals surface area contributed by atoms with Crippen molar-refractivity contribution >= 4 is 55.4 Å². The molecule has 4 aromatic rings. The Hall–Kier alpha value is -3.40. The van der Waals surface area contributed by atoms with Gasteiger partial charge in [-0.1, -0.05) is 33.6 Å². The number of hydrazone groups is 1. The van der Waals surface area contributed by atoms with Gasteiger partial charge in [0.2, 0.25) is 0 Å². The van der Waals surface area contributed by atoms with Crippen LogP contribution in [0.5, 0.6) is 0 Å². The summed E-state index contributed by atoms with van der Waals surface area (Å²) < 4.78 is 31.3. The van der Waals surface area contributed by atoms with Crippen LogP contribution in [0, 0.1) is 27.7 Å². The Balaban J connectivity index is 1.57. The highest BCUT2D eigenvalue weighted by Gasteiger charge is 2.27. The summed E-state index contributed by atoms with van der Waals surface area (Å²) in [5, 5.41) is 4.54. The molecule has 202 valence electrons. The summed E-state index contributed by atoms with van der Waals surface area (Å²) in [5.41, 5.74) is 8.58. The minimum Gasteiger partial charge on any atom is -0.318 e. The predicted octanol–water partition coefficient (Wildman–Crippen LogP) is 6.47. The lowest BCUT2D eigenvalue weighted by Gasteiger charge is -2.24. The normalized spacial score (nSPS) is 11.6. The monoisotopic (exact) mass is 626 g/mol. The van der Waals surface area contributed by atoms with E-state index >= 15 is 0 Å². The molecule has 1 heterocycles. The van der Waals surface area contributed by atoms with E-state index in [-0.39, 0.29) is 4.90 Å². The van der Waals surface area contributed by atoms with Crippen LogP contribution in [-0.2, 0) is 14.8 Å². The maximum absolute atomic E-state index is 13.6. The van der Waals surface area contributed by atoms with E-state index in [1.165, 1.54) is 24.3 Å². The van der Waals surface area contributed by atoms with Gasteiger partial charge in [0.05, 0.1) is 16.8 Å². The van der Waals surface area contributed by atoms with Crippen LogP contribution in [0.1, 0.15) is 28.1 Å². The maximum atomic E-state index is 13.6. The second kappa shape index (κ2) is 11.8. The van der Waals surface area contributed by atoms with Crippen molar-refractivity contribution < 1.29 is 13.2 Å². The molecule has 1 N–H and O–H groups in total. The number of carbonyl (C=O) groups excluding carboxylic acids is 1. The number of rotatable bonds is 8. The number of halogens is 2. The quantitative estimate of drug-likeness (QED) is 0.180. The fourth-order valence-electron chi connectivity index (χ4n) is 4.17. The standard InChI is InChI=1S/C29H28BrClN4O3S/c1-19-5-10-27(15-20(19)2)34(39(37,38)28-13-8-25(31)9-14-28)18-29(36)33-32-17-23-16-21(3)35(22(23)4)26-11-6-24(30)7-12-26/h5-17H,18H2,1-4H3,(H,33,36)/b32-17-. The molecule has 0 aliphatic rings. The van der Waals surface area contributed by atoms with E-state index in [2.05, 4.69) is 31.0 Å². The number of hydrogen-bond acceptors (Lipinski definition) is 4. The number of nitrogens with one attached hydrogen (secondary N) is 1. The summed E-state index contributed by atoms with van der Waals surface area (Å²) in [5.74, 6) is -0.580. The number of hydrogen-bond donors (Lipinski definition) is 1. The predicted molar refractivity (Wildman–Crippen MR) is 161 cm³/mol. The Kier molecular flexibility index (Phi) is 8.64. The molecule has 0 aliphatic carbocycles. The van der Waals surface area contributed by atoms with Crippen LogP contribution >= 0.6 is 27.5 Å². The van der Waals surface area contributed by atoms with Gasteiger partial charge in [0.25, 0.3) is 15.9 Å². The van der Waals surface area contributed by atoms with Crippen LogP contribution in [0.2, 0.25) is 5.02 Å². The molecule has 1 aromatic heterocycles. The van der Waals surface area contributed by atoms with Crippen LogP contribution in [-0.4, -0.2) is 31.7 Å². The average Bonchev–Trinajstić information content (AvgIpc) is 3.17. The van der Waals surface area contributed by atoms with E-state index in [9.17, 15) is 13.2 Å². The number of aromatic nitrogens is 1. The molecule has 0 saturated carbocycles. The molecule has 0 spiro atoms. The van der Waals surface area contributed by atoms with Gasteiger partial charge in [-0.25, -0.2) is 13.8 Å². The second-order valence-corrected chi connectivity index (χ2v) is 12.4. The van der Waals surface area contributed by atoms with Gasteiger partial charge in [-0.05, 0) is 106 Å². The molecule has 0 radical (unpaired) electrons. The largest absolute Gasteiger partial charge is 0.318 e. The van der Waals surface area contributed by atoms with Gasteiger partial charge in [-0.3, -0.25) is 9.10 Å². The zero-order chi connectivity index (χ0) is 28.3. The molecule has 0 aliphatic heterocycles. The number of amides is 1. The van der Waals surface area contributed by atoms with Crippen LogP contribution in [0.3, 0.4) is 0 Å². The van der Waals surface area contributed by atoms with Crippen molar-refractivity contribution in [3.63, 3.8) is 0 Å². The molecule has 0 unspecified atom stereocenters. The SMILES string of the molecule is Cc1ccc(N(CC(=O)N/N=C\c2cc(C)n(-c3ccc(Br)cc3)c2C)S(=O)(=O)c2ccc(Cl)cc2)cc1C. The average molecular weight is 628 g/mol. The first-order chi connectivity index (χ1) is 18.5. The van der Waals surface area contributed by atoms with Gasteiger partial charge in [0.1, 0.15) is 6.54 Å². The van der Waals surface area contributed by atoms with Crippen LogP contribution in [0.15, 0.2) is 87.3 Å². The molecule has 0 fully saturated rings. The highest BCUT2D eigenvalue weighted by Crippen LogP contribution is 2.27. The second-order valence-electron chi connectivity index (χ2n) is 9.17. The first kappa shape index (κ1) is 28.6. The first-order valence-corrected chi connectivity index (χ1v) is 14.7. The Morgan fingerprint density at radius 3 is 2.28 bits per heavy atom. The van der Waals surface area contributed by atoms with E-state index < -0.39 is 22.5 Å². The number of benzene rings is 3. The van der Waals surface area contributed by atoms with E-state index in [1.807, 2.05) is 64.1 Å². The third kappa shape index (κ3) is 6.43. The van der Waals surface area contributed by atoms with E-state index in [4.69, 9.17) is 11.6 Å². The van der Waals surface area contributed by atoms with Crippen LogP contribution < -0.4 is 9.73 Å². The summed E-state index contributed by atoms with van der Waals surface area (Å²) >= 11 is 9.42. The van der Waals surface area contributed by atoms with Crippen molar-refractivity contribution in [1.82, 2.24) is 9.99 Å². The van der Waals surface area contributed by atoms with Crippen molar-refractivity contribution in [1.29, 1.82) is 0 Å². The third-order valence-corrected chi connectivity index (χ3v) is 8.98. The number of nitrogens with zero attached hydrogens (tertiary/aromatic N) is 3. The smallest absolute Gasteiger partial charge is 0.264 e. The van der Waals surface area contributed by atoms with Gasteiger partial charge in [-0.15, -0.1) is 0 Å². The summed E-state index contributed by atoms with van der Waals surface area (Å²) in [4.78, 5) is 13.0. The van der Waals surface area contributed by atoms with Gasteiger partial charge in [0, 0.05) is 32.1 Å². The Labute approximate surface area is 242 Å². The number of sulfonamides is 1. The fraction of sp³-hybridized carbons (Fsp3) is 0.172. The van der Waals surface area contributed by atoms with Crippen molar-refractivity contribution in [2.45, 2.75) is 32.6 Å². The van der Waals surface area contributed by atoms with Gasteiger partial charge in [-0.2, -0.15) is 5.10 Å². The molecular formula is C29H28BrClN4O3S. The van der Waals surface area contributed by atoms with E-state index in [1.54, 1.807) is 18.3 Å². The van der Waals surface area contributed by atoms with Crippen molar-refractivity contribution in [2.75, 3.05) is 10.8 Å². The molecule has 0 atom stereocenters. The van der Waals surface area contributed by atoms with Gasteiger partial charge >= 0.3 is 0 Å². The summed E-state index contributed by atoms with van der Waals surface area (Å²) in [6.45, 7) is 7.34. The first-order valence-electron chi connectivity index (χ1n) is 12.1. The molecule has 3 aromatic carbocycles. The fourth-order valence-corrected chi connectivity index (χ4v) is 5.98. The van der Waals surface area contributed by atoms with Crippen molar-refractivity contribution in [3.8, 4) is 5.69 Å². The zero-order valence-electron chi connectivity index (χ0n) is 21.9. The molecular weight excluding hydrogens is 600 g/mol. The molecule has 39 heavy (non-hydrogen) atoms. The molecule has 0 bridgehead atoms. The maximum Gasteiger partial charge on any atom is 0.264 e. The third-order valence-electron chi connectivity index (χ3n) is 6.42. The number of aryl methyl sites for hydroxylation is 3. The summed E-state index contributed by atoms with van der Waals surface area (Å²) in [6.07, 6.45) is 1.56. The molecule has 7 nitrogen and oxygen atoms in total. The highest BCUT2D eigenvalue weighted by atomic mass is 79.9. The van der Waals surface area contributed by atoms with Gasteiger partial charge in [0.15, 0.2) is 0 Å². The molecule has 10 heteroatoms. The topological polar surface area (TPSA) is 83.8 Å². The Bertz CT molecular complexity index is 1650. The minimum absolute atomic E-state index is 0.0295. The van der Waals surface area contributed by atoms with Crippen molar-refractivity contribution in [2.24, 2.45) is 5.10 Å². The van der Waals surface area contributed by atoms with Crippen molar-refractivity contribution in [3.05, 3.63) is 110 Å². The summed E-state index contributed by atoms with van der Waals surface area (Å²) in [7, 11) is -4.06. The molecule has 1 amide bonds.